The number of benzene rings is 1. The van der Waals surface area contributed by atoms with Crippen LogP contribution in [-0.2, 0) is 6.54 Å². The van der Waals surface area contributed by atoms with Gasteiger partial charge < -0.3 is 0 Å². The molecule has 1 fully saturated rings. The Morgan fingerprint density at radius 1 is 1.35 bits per heavy atom. The number of hydrogen-bond acceptors (Lipinski definition) is 1. The summed E-state index contributed by atoms with van der Waals surface area (Å²) in [5.41, 5.74) is 1.21. The van der Waals surface area contributed by atoms with Crippen LogP contribution in [0.3, 0.4) is 0 Å². The Bertz CT molecular complexity index is 487. The van der Waals surface area contributed by atoms with Gasteiger partial charge in [-0.25, -0.2) is 4.39 Å². The minimum atomic E-state index is -4.14. The Kier molecular flexibility index (Phi) is 4.74. The predicted octanol–water partition coefficient (Wildman–Crippen LogP) is 4.67. The number of aryl methyl sites for hydroxylation is 1. The zero-order chi connectivity index (χ0) is 14.9. The molecule has 20 heavy (non-hydrogen) atoms. The van der Waals surface area contributed by atoms with Gasteiger partial charge in [0.25, 0.3) is 0 Å². The van der Waals surface area contributed by atoms with Crippen LogP contribution < -0.4 is 0 Å². The molecule has 1 nitrogen and oxygen atoms in total. The maximum absolute atomic E-state index is 13.6. The highest BCUT2D eigenvalue weighted by Crippen LogP contribution is 2.34. The third-order valence-electron chi connectivity index (χ3n) is 3.69. The summed E-state index contributed by atoms with van der Waals surface area (Å²) in [5.74, 6) is -1.60. The van der Waals surface area contributed by atoms with Crippen LogP contribution in [0.4, 0.5) is 17.6 Å². The van der Waals surface area contributed by atoms with Crippen molar-refractivity contribution in [1.82, 2.24) is 4.90 Å². The Balaban J connectivity index is 2.08. The normalized spacial score (nSPS) is 21.2. The van der Waals surface area contributed by atoms with Gasteiger partial charge >= 0.3 is 6.18 Å². The third-order valence-corrected chi connectivity index (χ3v) is 4.43. The monoisotopic (exact) mass is 353 g/mol. The first-order valence-electron chi connectivity index (χ1n) is 6.51. The average molecular weight is 354 g/mol. The van der Waals surface area contributed by atoms with Crippen LogP contribution in [0.15, 0.2) is 16.6 Å². The molecule has 0 bridgehead atoms. The minimum Gasteiger partial charge on any atom is -0.298 e. The molecule has 1 aliphatic rings. The Morgan fingerprint density at radius 3 is 2.70 bits per heavy atom. The van der Waals surface area contributed by atoms with E-state index in [0.717, 1.165) is 4.47 Å². The van der Waals surface area contributed by atoms with Crippen molar-refractivity contribution in [2.24, 2.45) is 5.92 Å². The number of alkyl halides is 3. The van der Waals surface area contributed by atoms with Gasteiger partial charge in [-0.15, -0.1) is 0 Å². The average Bonchev–Trinajstić information content (AvgIpc) is 2.35. The molecule has 0 radical (unpaired) electrons. The highest BCUT2D eigenvalue weighted by molar-refractivity contribution is 9.10. The molecule has 1 atom stereocenters. The summed E-state index contributed by atoms with van der Waals surface area (Å²) in [5, 5.41) is 0. The lowest BCUT2D eigenvalue weighted by atomic mass is 9.97. The van der Waals surface area contributed by atoms with Gasteiger partial charge in [0, 0.05) is 17.6 Å². The largest absolute Gasteiger partial charge is 0.393 e. The van der Waals surface area contributed by atoms with Crippen LogP contribution in [0.2, 0.25) is 0 Å². The lowest BCUT2D eigenvalue weighted by Crippen LogP contribution is -2.41. The molecule has 1 aromatic rings. The summed E-state index contributed by atoms with van der Waals surface area (Å²) in [6.45, 7) is 2.61. The molecule has 2 rings (SSSR count). The second-order valence-electron chi connectivity index (χ2n) is 5.31. The van der Waals surface area contributed by atoms with Crippen molar-refractivity contribution in [3.05, 3.63) is 33.5 Å². The topological polar surface area (TPSA) is 3.24 Å². The smallest absolute Gasteiger partial charge is 0.298 e. The molecule has 1 aliphatic heterocycles. The van der Waals surface area contributed by atoms with Crippen LogP contribution in [0.25, 0.3) is 0 Å². The van der Waals surface area contributed by atoms with Gasteiger partial charge in [-0.2, -0.15) is 13.2 Å². The van der Waals surface area contributed by atoms with Crippen molar-refractivity contribution < 1.29 is 17.6 Å². The molecule has 112 valence electrons. The number of likely N-dealkylation sites (tertiary alicyclic amines) is 1. The number of nitrogens with zero attached hydrogens (tertiary/aromatic N) is 1. The van der Waals surface area contributed by atoms with Crippen molar-refractivity contribution in [1.29, 1.82) is 0 Å². The summed E-state index contributed by atoms with van der Waals surface area (Å²) >= 11 is 3.35. The molecular weight excluding hydrogens is 338 g/mol. The van der Waals surface area contributed by atoms with Gasteiger partial charge in [-0.05, 0) is 49.6 Å². The standard InChI is InChI=1S/C14H16BrF4N/c1-9-5-12(15)10(6-13(9)16)7-20-4-2-3-11(8-20)14(17,18)19/h5-6,11H,2-4,7-8H2,1H3. The Morgan fingerprint density at radius 2 is 2.05 bits per heavy atom. The van der Waals surface area contributed by atoms with Gasteiger partial charge in [0.05, 0.1) is 5.92 Å². The SMILES string of the molecule is Cc1cc(Br)c(CN2CCCC(C(F)(F)F)C2)cc1F. The van der Waals surface area contributed by atoms with E-state index in [2.05, 4.69) is 15.9 Å². The van der Waals surface area contributed by atoms with E-state index in [9.17, 15) is 17.6 Å². The van der Waals surface area contributed by atoms with Crippen LogP contribution in [-0.4, -0.2) is 24.2 Å². The van der Waals surface area contributed by atoms with E-state index in [1.165, 1.54) is 6.07 Å². The van der Waals surface area contributed by atoms with E-state index in [1.807, 2.05) is 0 Å². The quantitative estimate of drug-likeness (QED) is 0.698. The number of hydrogen-bond donors (Lipinski definition) is 0. The molecule has 0 aromatic heterocycles. The summed E-state index contributed by atoms with van der Waals surface area (Å²) in [6, 6.07) is 3.06. The second-order valence-corrected chi connectivity index (χ2v) is 6.16. The molecular formula is C14H16BrF4N. The summed E-state index contributed by atoms with van der Waals surface area (Å²) in [4.78, 5) is 1.75. The second kappa shape index (κ2) is 6.02. The van der Waals surface area contributed by atoms with Crippen molar-refractivity contribution in [3.63, 3.8) is 0 Å². The van der Waals surface area contributed by atoms with Crippen molar-refractivity contribution in [3.8, 4) is 0 Å². The van der Waals surface area contributed by atoms with E-state index in [1.54, 1.807) is 17.9 Å². The maximum Gasteiger partial charge on any atom is 0.393 e. The summed E-state index contributed by atoms with van der Waals surface area (Å²) in [6.07, 6.45) is -3.44. The molecule has 1 heterocycles. The molecule has 0 N–H and O–H groups in total. The van der Waals surface area contributed by atoms with Crippen molar-refractivity contribution >= 4 is 15.9 Å². The van der Waals surface area contributed by atoms with Crippen LogP contribution in [0.1, 0.15) is 24.0 Å². The van der Waals surface area contributed by atoms with Crippen LogP contribution >= 0.6 is 15.9 Å². The number of halogens is 5. The van der Waals surface area contributed by atoms with Crippen molar-refractivity contribution in [2.75, 3.05) is 13.1 Å². The van der Waals surface area contributed by atoms with E-state index in [-0.39, 0.29) is 18.8 Å². The first kappa shape index (κ1) is 15.8. The fourth-order valence-electron chi connectivity index (χ4n) is 2.52. The summed E-state index contributed by atoms with van der Waals surface area (Å²) < 4.78 is 52.6. The number of rotatable bonds is 2. The molecule has 0 saturated carbocycles. The number of piperidine rings is 1. The highest BCUT2D eigenvalue weighted by atomic mass is 79.9. The van der Waals surface area contributed by atoms with Gasteiger partial charge in [-0.3, -0.25) is 4.90 Å². The lowest BCUT2D eigenvalue weighted by Gasteiger charge is -2.33. The van der Waals surface area contributed by atoms with E-state index < -0.39 is 12.1 Å². The Labute approximate surface area is 124 Å². The van der Waals surface area contributed by atoms with Gasteiger partial charge in [0.1, 0.15) is 5.82 Å². The van der Waals surface area contributed by atoms with E-state index in [0.29, 0.717) is 30.6 Å². The van der Waals surface area contributed by atoms with Gasteiger partial charge in [0.2, 0.25) is 0 Å². The molecule has 0 spiro atoms. The van der Waals surface area contributed by atoms with E-state index in [4.69, 9.17) is 0 Å². The van der Waals surface area contributed by atoms with Gasteiger partial charge in [0.15, 0.2) is 0 Å². The molecule has 1 unspecified atom stereocenters. The zero-order valence-corrected chi connectivity index (χ0v) is 12.7. The minimum absolute atomic E-state index is 0.00850. The fraction of sp³-hybridized carbons (Fsp3) is 0.571. The molecule has 6 heteroatoms. The Hall–Kier alpha value is -0.620. The molecule has 1 saturated heterocycles. The van der Waals surface area contributed by atoms with E-state index >= 15 is 0 Å². The first-order chi connectivity index (χ1) is 9.27. The fourth-order valence-corrected chi connectivity index (χ4v) is 3.10. The lowest BCUT2D eigenvalue weighted by molar-refractivity contribution is -0.187. The van der Waals surface area contributed by atoms with Crippen LogP contribution in [0, 0.1) is 18.7 Å². The van der Waals surface area contributed by atoms with Crippen LogP contribution in [0.5, 0.6) is 0 Å². The highest BCUT2D eigenvalue weighted by Gasteiger charge is 2.41. The zero-order valence-electron chi connectivity index (χ0n) is 11.1. The maximum atomic E-state index is 13.6. The van der Waals surface area contributed by atoms with Crippen molar-refractivity contribution in [2.45, 2.75) is 32.5 Å². The summed E-state index contributed by atoms with van der Waals surface area (Å²) in [7, 11) is 0. The molecule has 0 aliphatic carbocycles. The molecule has 0 amide bonds. The van der Waals surface area contributed by atoms with Gasteiger partial charge in [-0.1, -0.05) is 15.9 Å². The predicted molar refractivity (Wildman–Crippen MR) is 72.9 cm³/mol. The third kappa shape index (κ3) is 3.73. The molecule has 1 aromatic carbocycles. The first-order valence-corrected chi connectivity index (χ1v) is 7.30.